The fraction of sp³-hybridized carbons (Fsp3) is 0.455. The van der Waals surface area contributed by atoms with E-state index in [0.717, 1.165) is 0 Å². The topological polar surface area (TPSA) is 46.2 Å². The summed E-state index contributed by atoms with van der Waals surface area (Å²) >= 11 is 0. The fourth-order valence-corrected chi connectivity index (χ4v) is 1.46. The average molecular weight is 197 g/mol. The van der Waals surface area contributed by atoms with Crippen LogP contribution in [0.5, 0.6) is 0 Å². The van der Waals surface area contributed by atoms with Crippen molar-refractivity contribution in [1.82, 2.24) is 0 Å². The molecule has 0 fully saturated rings. The van der Waals surface area contributed by atoms with Crippen LogP contribution >= 0.6 is 0 Å². The second kappa shape index (κ2) is 4.07. The summed E-state index contributed by atoms with van der Waals surface area (Å²) < 4.78 is 13.7. The Labute approximate surface area is 83.6 Å². The molecule has 3 heteroatoms. The highest BCUT2D eigenvalue weighted by Crippen LogP contribution is 2.30. The van der Waals surface area contributed by atoms with Crippen molar-refractivity contribution in [2.24, 2.45) is 5.73 Å². The second-order valence-corrected chi connectivity index (χ2v) is 3.85. The molecule has 2 nitrogen and oxygen atoms in total. The molecule has 1 rings (SSSR count). The van der Waals surface area contributed by atoms with Crippen molar-refractivity contribution in [1.29, 1.82) is 0 Å². The van der Waals surface area contributed by atoms with E-state index in [2.05, 4.69) is 0 Å². The Morgan fingerprint density at radius 3 is 2.50 bits per heavy atom. The molecular formula is C11H16FNO. The minimum absolute atomic E-state index is 0.174. The summed E-state index contributed by atoms with van der Waals surface area (Å²) in [5.41, 5.74) is 5.46. The molecule has 14 heavy (non-hydrogen) atoms. The number of aliphatic hydroxyl groups excluding tert-OH is 1. The lowest BCUT2D eigenvalue weighted by Crippen LogP contribution is -2.21. The standard InChI is InChI=1S/C11H16FNO/c1-11(2,12)9-6-4-3-5-8(9)10(13)7-14/h3-6,10,14H,7,13H2,1-2H3. The monoisotopic (exact) mass is 197 g/mol. The Hall–Kier alpha value is -0.930. The highest BCUT2D eigenvalue weighted by molar-refractivity contribution is 5.33. The number of hydrogen-bond donors (Lipinski definition) is 2. The molecule has 1 aromatic rings. The molecule has 78 valence electrons. The van der Waals surface area contributed by atoms with Crippen molar-refractivity contribution in [3.63, 3.8) is 0 Å². The van der Waals surface area contributed by atoms with Crippen LogP contribution < -0.4 is 5.73 Å². The van der Waals surface area contributed by atoms with Crippen molar-refractivity contribution < 1.29 is 9.50 Å². The minimum Gasteiger partial charge on any atom is -0.394 e. The van der Waals surface area contributed by atoms with E-state index in [0.29, 0.717) is 11.1 Å². The maximum Gasteiger partial charge on any atom is 0.130 e. The molecule has 0 aromatic heterocycles. The maximum atomic E-state index is 13.7. The Balaban J connectivity index is 3.16. The summed E-state index contributed by atoms with van der Waals surface area (Å²) in [6.07, 6.45) is 0. The molecule has 0 saturated heterocycles. The highest BCUT2D eigenvalue weighted by atomic mass is 19.1. The first-order valence-corrected chi connectivity index (χ1v) is 4.61. The van der Waals surface area contributed by atoms with E-state index < -0.39 is 11.7 Å². The number of aliphatic hydroxyl groups is 1. The number of hydrogen-bond acceptors (Lipinski definition) is 2. The van der Waals surface area contributed by atoms with Crippen LogP contribution in [0, 0.1) is 0 Å². The Morgan fingerprint density at radius 2 is 2.00 bits per heavy atom. The molecule has 1 aromatic carbocycles. The third-order valence-corrected chi connectivity index (χ3v) is 2.20. The zero-order valence-corrected chi connectivity index (χ0v) is 8.50. The van der Waals surface area contributed by atoms with Gasteiger partial charge in [-0.15, -0.1) is 0 Å². The van der Waals surface area contributed by atoms with Crippen molar-refractivity contribution in [3.05, 3.63) is 35.4 Å². The van der Waals surface area contributed by atoms with E-state index in [1.165, 1.54) is 13.8 Å². The predicted octanol–water partition coefficient (Wildman–Crippen LogP) is 1.88. The molecule has 0 spiro atoms. The van der Waals surface area contributed by atoms with Gasteiger partial charge in [-0.25, -0.2) is 4.39 Å². The van der Waals surface area contributed by atoms with Crippen molar-refractivity contribution in [2.45, 2.75) is 25.6 Å². The third kappa shape index (κ3) is 2.30. The first-order valence-electron chi connectivity index (χ1n) is 4.61. The first kappa shape index (κ1) is 11.1. The van der Waals surface area contributed by atoms with Gasteiger partial charge in [0.1, 0.15) is 5.67 Å². The fourth-order valence-electron chi connectivity index (χ4n) is 1.46. The molecule has 3 N–H and O–H groups in total. The molecule has 1 unspecified atom stereocenters. The quantitative estimate of drug-likeness (QED) is 0.777. The van der Waals surface area contributed by atoms with Crippen LogP contribution in [0.25, 0.3) is 0 Å². The van der Waals surface area contributed by atoms with Gasteiger partial charge >= 0.3 is 0 Å². The van der Waals surface area contributed by atoms with E-state index in [1.54, 1.807) is 24.3 Å². The van der Waals surface area contributed by atoms with Crippen molar-refractivity contribution in [2.75, 3.05) is 6.61 Å². The molecule has 0 amide bonds. The summed E-state index contributed by atoms with van der Waals surface area (Å²) in [6.45, 7) is 2.79. The normalized spacial score (nSPS) is 14.1. The van der Waals surface area contributed by atoms with E-state index in [1.807, 2.05) is 0 Å². The van der Waals surface area contributed by atoms with Gasteiger partial charge in [0, 0.05) is 0 Å². The summed E-state index contributed by atoms with van der Waals surface area (Å²) in [5.74, 6) is 0. The van der Waals surface area contributed by atoms with Crippen LogP contribution in [-0.4, -0.2) is 11.7 Å². The van der Waals surface area contributed by atoms with Crippen molar-refractivity contribution >= 4 is 0 Å². The van der Waals surface area contributed by atoms with Gasteiger partial charge in [-0.3, -0.25) is 0 Å². The predicted molar refractivity (Wildman–Crippen MR) is 54.6 cm³/mol. The molecule has 1 atom stereocenters. The highest BCUT2D eigenvalue weighted by Gasteiger charge is 2.23. The molecule has 0 aliphatic carbocycles. The van der Waals surface area contributed by atoms with Gasteiger partial charge in [-0.1, -0.05) is 24.3 Å². The van der Waals surface area contributed by atoms with Gasteiger partial charge in [0.2, 0.25) is 0 Å². The molecular weight excluding hydrogens is 181 g/mol. The Morgan fingerprint density at radius 1 is 1.43 bits per heavy atom. The molecule has 0 saturated carbocycles. The van der Waals surface area contributed by atoms with E-state index >= 15 is 0 Å². The molecule has 0 radical (unpaired) electrons. The van der Waals surface area contributed by atoms with Gasteiger partial charge in [-0.2, -0.15) is 0 Å². The average Bonchev–Trinajstić information content (AvgIpc) is 2.15. The lowest BCUT2D eigenvalue weighted by Gasteiger charge is -2.21. The van der Waals surface area contributed by atoms with Crippen LogP contribution in [0.2, 0.25) is 0 Å². The van der Waals surface area contributed by atoms with Gasteiger partial charge in [0.05, 0.1) is 12.6 Å². The summed E-state index contributed by atoms with van der Waals surface area (Å²) in [4.78, 5) is 0. The van der Waals surface area contributed by atoms with Gasteiger partial charge < -0.3 is 10.8 Å². The van der Waals surface area contributed by atoms with Crippen LogP contribution in [-0.2, 0) is 5.67 Å². The van der Waals surface area contributed by atoms with Gasteiger partial charge in [0.15, 0.2) is 0 Å². The largest absolute Gasteiger partial charge is 0.394 e. The smallest absolute Gasteiger partial charge is 0.130 e. The maximum absolute atomic E-state index is 13.7. The van der Waals surface area contributed by atoms with Crippen LogP contribution in [0.15, 0.2) is 24.3 Å². The van der Waals surface area contributed by atoms with Crippen LogP contribution in [0.1, 0.15) is 31.0 Å². The van der Waals surface area contributed by atoms with E-state index in [9.17, 15) is 4.39 Å². The zero-order chi connectivity index (χ0) is 10.8. The molecule has 0 heterocycles. The second-order valence-electron chi connectivity index (χ2n) is 3.85. The number of benzene rings is 1. The zero-order valence-electron chi connectivity index (χ0n) is 8.50. The van der Waals surface area contributed by atoms with Gasteiger partial charge in [-0.05, 0) is 25.0 Å². The SMILES string of the molecule is CC(C)(F)c1ccccc1C(N)CO. The minimum atomic E-state index is -1.43. The first-order chi connectivity index (χ1) is 6.46. The van der Waals surface area contributed by atoms with Crippen LogP contribution in [0.4, 0.5) is 4.39 Å². The number of alkyl halides is 1. The Bertz CT molecular complexity index is 306. The summed E-state index contributed by atoms with van der Waals surface area (Å²) in [7, 11) is 0. The summed E-state index contributed by atoms with van der Waals surface area (Å²) in [6, 6.07) is 6.49. The molecule has 0 bridgehead atoms. The van der Waals surface area contributed by atoms with E-state index in [-0.39, 0.29) is 6.61 Å². The number of nitrogens with two attached hydrogens (primary N) is 1. The Kier molecular flexibility index (Phi) is 3.24. The lowest BCUT2D eigenvalue weighted by molar-refractivity contribution is 0.214. The molecule has 0 aliphatic heterocycles. The number of halogens is 1. The third-order valence-electron chi connectivity index (χ3n) is 2.20. The van der Waals surface area contributed by atoms with Crippen molar-refractivity contribution in [3.8, 4) is 0 Å². The van der Waals surface area contributed by atoms with Crippen LogP contribution in [0.3, 0.4) is 0 Å². The van der Waals surface area contributed by atoms with Gasteiger partial charge in [0.25, 0.3) is 0 Å². The summed E-state index contributed by atoms with van der Waals surface area (Å²) in [5, 5.41) is 8.93. The molecule has 0 aliphatic rings. The lowest BCUT2D eigenvalue weighted by atomic mass is 9.91. The number of rotatable bonds is 3. The van der Waals surface area contributed by atoms with E-state index in [4.69, 9.17) is 10.8 Å².